The van der Waals surface area contributed by atoms with Crippen LogP contribution in [0.1, 0.15) is 58.8 Å². The standard InChI is InChI=1S/C21H36O5/c1-20(2,12-14-24-3)19(23)9-8-17-10-11-21(25-15-16-26-21)18(17)7-5-4-6-13-22/h8-9,13,17-19,23H,4-7,10-12,14-16H2,1-3H3/t17-,18?,19?/m1/s1. The first-order valence-electron chi connectivity index (χ1n) is 10.0. The second-order valence-corrected chi connectivity index (χ2v) is 8.33. The minimum absolute atomic E-state index is 0.220. The van der Waals surface area contributed by atoms with Crippen molar-refractivity contribution in [2.24, 2.45) is 17.3 Å². The van der Waals surface area contributed by atoms with E-state index >= 15 is 0 Å². The molecular weight excluding hydrogens is 332 g/mol. The summed E-state index contributed by atoms with van der Waals surface area (Å²) in [5, 5.41) is 10.6. The number of aldehydes is 1. The largest absolute Gasteiger partial charge is 0.388 e. The Morgan fingerprint density at radius 3 is 2.69 bits per heavy atom. The van der Waals surface area contributed by atoms with Gasteiger partial charge in [0.15, 0.2) is 5.79 Å². The fraction of sp³-hybridized carbons (Fsp3) is 0.857. The van der Waals surface area contributed by atoms with Crippen molar-refractivity contribution in [1.82, 2.24) is 0 Å². The molecule has 1 aliphatic carbocycles. The normalized spacial score (nSPS) is 26.8. The van der Waals surface area contributed by atoms with Gasteiger partial charge in [-0.2, -0.15) is 0 Å². The summed E-state index contributed by atoms with van der Waals surface area (Å²) in [4.78, 5) is 10.6. The number of methoxy groups -OCH3 is 1. The molecule has 0 aromatic rings. The summed E-state index contributed by atoms with van der Waals surface area (Å²) in [5.41, 5.74) is -0.220. The van der Waals surface area contributed by atoms with Gasteiger partial charge in [-0.25, -0.2) is 0 Å². The van der Waals surface area contributed by atoms with Crippen LogP contribution in [0.5, 0.6) is 0 Å². The Balaban J connectivity index is 1.99. The average molecular weight is 369 g/mol. The van der Waals surface area contributed by atoms with Gasteiger partial charge in [0, 0.05) is 32.5 Å². The van der Waals surface area contributed by atoms with E-state index in [1.165, 1.54) is 0 Å². The minimum Gasteiger partial charge on any atom is -0.388 e. The fourth-order valence-corrected chi connectivity index (χ4v) is 4.19. The van der Waals surface area contributed by atoms with Gasteiger partial charge in [-0.15, -0.1) is 0 Å². The quantitative estimate of drug-likeness (QED) is 0.343. The molecule has 1 saturated carbocycles. The van der Waals surface area contributed by atoms with Crippen molar-refractivity contribution in [2.45, 2.75) is 70.7 Å². The molecular formula is C21H36O5. The van der Waals surface area contributed by atoms with Crippen LogP contribution in [0.25, 0.3) is 0 Å². The van der Waals surface area contributed by atoms with Gasteiger partial charge in [-0.05, 0) is 37.0 Å². The van der Waals surface area contributed by atoms with Gasteiger partial charge >= 0.3 is 0 Å². The molecule has 2 fully saturated rings. The molecule has 1 spiro atoms. The summed E-state index contributed by atoms with van der Waals surface area (Å²) in [6.07, 6.45) is 10.9. The fourth-order valence-electron chi connectivity index (χ4n) is 4.19. The van der Waals surface area contributed by atoms with Gasteiger partial charge in [0.05, 0.1) is 19.3 Å². The van der Waals surface area contributed by atoms with Crippen molar-refractivity contribution in [3.63, 3.8) is 0 Å². The van der Waals surface area contributed by atoms with Gasteiger partial charge in [0.2, 0.25) is 0 Å². The maximum atomic E-state index is 10.6. The number of aliphatic hydroxyl groups excluding tert-OH is 1. The summed E-state index contributed by atoms with van der Waals surface area (Å²) < 4.78 is 17.2. The summed E-state index contributed by atoms with van der Waals surface area (Å²) in [7, 11) is 1.69. The smallest absolute Gasteiger partial charge is 0.171 e. The highest BCUT2D eigenvalue weighted by atomic mass is 16.7. The van der Waals surface area contributed by atoms with E-state index in [9.17, 15) is 9.90 Å². The maximum Gasteiger partial charge on any atom is 0.171 e. The highest BCUT2D eigenvalue weighted by molar-refractivity contribution is 5.48. The van der Waals surface area contributed by atoms with Crippen LogP contribution >= 0.6 is 0 Å². The van der Waals surface area contributed by atoms with E-state index in [1.807, 2.05) is 6.08 Å². The van der Waals surface area contributed by atoms with Crippen molar-refractivity contribution in [3.8, 4) is 0 Å². The summed E-state index contributed by atoms with van der Waals surface area (Å²) in [6, 6.07) is 0. The first-order chi connectivity index (χ1) is 12.4. The van der Waals surface area contributed by atoms with Gasteiger partial charge in [0.25, 0.3) is 0 Å². The van der Waals surface area contributed by atoms with Gasteiger partial charge in [-0.3, -0.25) is 0 Å². The predicted molar refractivity (Wildman–Crippen MR) is 101 cm³/mol. The molecule has 0 aromatic heterocycles. The van der Waals surface area contributed by atoms with Crippen LogP contribution in [0.4, 0.5) is 0 Å². The number of hydrogen-bond donors (Lipinski definition) is 1. The number of allylic oxidation sites excluding steroid dienone is 1. The summed E-state index contributed by atoms with van der Waals surface area (Å²) >= 11 is 0. The Hall–Kier alpha value is -0.750. The predicted octanol–water partition coefficient (Wildman–Crippen LogP) is 3.49. The zero-order valence-electron chi connectivity index (χ0n) is 16.6. The van der Waals surface area contributed by atoms with E-state index in [-0.39, 0.29) is 5.41 Å². The lowest BCUT2D eigenvalue weighted by atomic mass is 9.81. The third kappa shape index (κ3) is 5.38. The molecule has 1 N–H and O–H groups in total. The molecule has 1 heterocycles. The van der Waals surface area contributed by atoms with E-state index in [0.717, 1.165) is 44.8 Å². The number of hydrogen-bond acceptors (Lipinski definition) is 5. The number of unbranched alkanes of at least 4 members (excludes halogenated alkanes) is 2. The number of aliphatic hydroxyl groups is 1. The lowest BCUT2D eigenvalue weighted by molar-refractivity contribution is -0.186. The second kappa shape index (κ2) is 9.98. The first-order valence-corrected chi connectivity index (χ1v) is 10.0. The van der Waals surface area contributed by atoms with Crippen LogP contribution in [0.3, 0.4) is 0 Å². The van der Waals surface area contributed by atoms with Crippen molar-refractivity contribution < 1.29 is 24.1 Å². The zero-order valence-corrected chi connectivity index (χ0v) is 16.6. The van der Waals surface area contributed by atoms with Crippen LogP contribution in [-0.2, 0) is 19.0 Å². The molecule has 2 unspecified atom stereocenters. The molecule has 0 aromatic carbocycles. The maximum absolute atomic E-state index is 10.6. The van der Waals surface area contributed by atoms with Crippen LogP contribution < -0.4 is 0 Å². The van der Waals surface area contributed by atoms with E-state index in [4.69, 9.17) is 14.2 Å². The van der Waals surface area contributed by atoms with E-state index in [1.54, 1.807) is 7.11 Å². The molecule has 0 amide bonds. The first kappa shape index (κ1) is 21.5. The Bertz CT molecular complexity index is 453. The summed E-state index contributed by atoms with van der Waals surface area (Å²) in [6.45, 7) is 6.10. The SMILES string of the molecule is COCCC(C)(C)C(O)C=C[C@@H]1CCC2(OCCO2)C1CCCCC=O. The van der Waals surface area contributed by atoms with Gasteiger partial charge < -0.3 is 24.1 Å². The third-order valence-electron chi connectivity index (χ3n) is 6.06. The molecule has 3 atom stereocenters. The molecule has 150 valence electrons. The van der Waals surface area contributed by atoms with Gasteiger partial charge in [0.1, 0.15) is 6.29 Å². The van der Waals surface area contributed by atoms with Crippen LogP contribution in [-0.4, -0.2) is 50.2 Å². The van der Waals surface area contributed by atoms with E-state index in [0.29, 0.717) is 38.1 Å². The topological polar surface area (TPSA) is 65.0 Å². The molecule has 1 aliphatic heterocycles. The second-order valence-electron chi connectivity index (χ2n) is 8.33. The lowest BCUT2D eigenvalue weighted by Gasteiger charge is -2.32. The van der Waals surface area contributed by atoms with Crippen LogP contribution in [0.2, 0.25) is 0 Å². The third-order valence-corrected chi connectivity index (χ3v) is 6.06. The minimum atomic E-state index is -0.504. The zero-order chi connectivity index (χ0) is 19.0. The monoisotopic (exact) mass is 368 g/mol. The van der Waals surface area contributed by atoms with Crippen LogP contribution in [0.15, 0.2) is 12.2 Å². The summed E-state index contributed by atoms with van der Waals surface area (Å²) in [5.74, 6) is 0.187. The number of carbonyl (C=O) groups excluding carboxylic acids is 1. The number of ether oxygens (including phenoxy) is 3. The Labute approximate surface area is 158 Å². The van der Waals surface area contributed by atoms with Crippen molar-refractivity contribution >= 4 is 6.29 Å². The number of rotatable bonds is 11. The van der Waals surface area contributed by atoms with Gasteiger partial charge in [-0.1, -0.05) is 32.4 Å². The molecule has 2 aliphatic rings. The lowest BCUT2D eigenvalue weighted by Crippen LogP contribution is -2.36. The molecule has 26 heavy (non-hydrogen) atoms. The van der Waals surface area contributed by atoms with E-state index < -0.39 is 11.9 Å². The van der Waals surface area contributed by atoms with Crippen molar-refractivity contribution in [2.75, 3.05) is 26.9 Å². The molecule has 0 bridgehead atoms. The molecule has 1 saturated heterocycles. The Morgan fingerprint density at radius 2 is 2.04 bits per heavy atom. The molecule has 0 radical (unpaired) electrons. The molecule has 2 rings (SSSR count). The highest BCUT2D eigenvalue weighted by Crippen LogP contribution is 2.49. The molecule has 5 nitrogen and oxygen atoms in total. The molecule has 5 heteroatoms. The Morgan fingerprint density at radius 1 is 1.31 bits per heavy atom. The van der Waals surface area contributed by atoms with Crippen molar-refractivity contribution in [3.05, 3.63) is 12.2 Å². The van der Waals surface area contributed by atoms with E-state index in [2.05, 4.69) is 19.9 Å². The highest BCUT2D eigenvalue weighted by Gasteiger charge is 2.51. The average Bonchev–Trinajstić information content (AvgIpc) is 3.23. The Kier molecular flexibility index (Phi) is 8.27. The van der Waals surface area contributed by atoms with Crippen LogP contribution in [0, 0.1) is 17.3 Å². The number of carbonyl (C=O) groups is 1. The van der Waals surface area contributed by atoms with Crippen molar-refractivity contribution in [1.29, 1.82) is 0 Å².